The van der Waals surface area contributed by atoms with Gasteiger partial charge in [0.15, 0.2) is 18.9 Å². The first-order valence-corrected chi connectivity index (χ1v) is 6.06. The van der Waals surface area contributed by atoms with Gasteiger partial charge in [-0.2, -0.15) is 0 Å². The maximum atomic E-state index is 5.89. The van der Waals surface area contributed by atoms with Gasteiger partial charge in [-0.15, -0.1) is 0 Å². The van der Waals surface area contributed by atoms with Gasteiger partial charge in [-0.25, -0.2) is 4.57 Å². The number of pyridine rings is 2. The highest BCUT2D eigenvalue weighted by atomic mass is 14.9. The van der Waals surface area contributed by atoms with Crippen LogP contribution in [0.1, 0.15) is 17.2 Å². The first-order chi connectivity index (χ1) is 8.85. The van der Waals surface area contributed by atoms with E-state index in [0.29, 0.717) is 6.54 Å². The van der Waals surface area contributed by atoms with Gasteiger partial charge >= 0.3 is 0 Å². The Morgan fingerprint density at radius 2 is 2.22 bits per heavy atom. The third kappa shape index (κ3) is 2.81. The lowest BCUT2D eigenvalue weighted by molar-refractivity contribution is -0.687. The molecule has 0 aliphatic rings. The van der Waals surface area contributed by atoms with E-state index in [1.165, 1.54) is 5.56 Å². The van der Waals surface area contributed by atoms with Crippen molar-refractivity contribution in [2.45, 2.75) is 12.5 Å². The molecule has 0 spiro atoms. The van der Waals surface area contributed by atoms with Crippen LogP contribution >= 0.6 is 0 Å². The predicted octanol–water partition coefficient (Wildman–Crippen LogP) is 1.65. The molecule has 0 saturated heterocycles. The summed E-state index contributed by atoms with van der Waals surface area (Å²) in [5.74, 6) is 0.142. The lowest BCUT2D eigenvalue weighted by Crippen LogP contribution is -2.33. The number of nitrogens with zero attached hydrogens (tertiary/aromatic N) is 2. The quantitative estimate of drug-likeness (QED) is 0.638. The van der Waals surface area contributed by atoms with E-state index < -0.39 is 0 Å². The normalized spacial score (nSPS) is 12.1. The minimum Gasteiger partial charge on any atom is -0.329 e. The standard InChI is InChI=1S/C15H18N3/c1-2-9-18-10-5-6-13(12-18)14(11-16)15-7-3-4-8-17-15/h2-8,10,12,14H,1,9,11,16H2/q+1. The van der Waals surface area contributed by atoms with E-state index in [-0.39, 0.29) is 5.92 Å². The van der Waals surface area contributed by atoms with Crippen LogP contribution in [0, 0.1) is 0 Å². The van der Waals surface area contributed by atoms with Crippen LogP contribution in [0.2, 0.25) is 0 Å². The lowest BCUT2D eigenvalue weighted by Gasteiger charge is -2.13. The van der Waals surface area contributed by atoms with Crippen LogP contribution in [0.25, 0.3) is 0 Å². The Morgan fingerprint density at radius 3 is 2.89 bits per heavy atom. The van der Waals surface area contributed by atoms with Crippen molar-refractivity contribution in [2.75, 3.05) is 6.54 Å². The molecule has 92 valence electrons. The fourth-order valence-corrected chi connectivity index (χ4v) is 2.02. The summed E-state index contributed by atoms with van der Waals surface area (Å²) in [5.41, 5.74) is 8.08. The molecule has 0 fully saturated rings. The summed E-state index contributed by atoms with van der Waals surface area (Å²) < 4.78 is 2.09. The van der Waals surface area contributed by atoms with E-state index in [4.69, 9.17) is 5.73 Å². The Balaban J connectivity index is 2.33. The molecule has 0 aliphatic heterocycles. The van der Waals surface area contributed by atoms with Gasteiger partial charge in [0.1, 0.15) is 0 Å². The molecule has 0 radical (unpaired) electrons. The lowest BCUT2D eigenvalue weighted by atomic mass is 9.97. The first kappa shape index (κ1) is 12.5. The molecule has 3 heteroatoms. The van der Waals surface area contributed by atoms with Crippen molar-refractivity contribution in [1.82, 2.24) is 4.98 Å². The molecular formula is C15H18N3+. The molecule has 2 aromatic rings. The second kappa shape index (κ2) is 6.07. The maximum Gasteiger partial charge on any atom is 0.173 e. The smallest absolute Gasteiger partial charge is 0.173 e. The van der Waals surface area contributed by atoms with Crippen LogP contribution in [0.3, 0.4) is 0 Å². The summed E-state index contributed by atoms with van der Waals surface area (Å²) >= 11 is 0. The zero-order valence-corrected chi connectivity index (χ0v) is 10.4. The molecule has 0 aliphatic carbocycles. The van der Waals surface area contributed by atoms with Crippen molar-refractivity contribution in [1.29, 1.82) is 0 Å². The molecule has 2 rings (SSSR count). The Bertz CT molecular complexity index is 508. The SMILES string of the molecule is C=CC[n+]1cccc(C(CN)c2ccccn2)c1. The van der Waals surface area contributed by atoms with Gasteiger partial charge in [-0.05, 0) is 24.3 Å². The van der Waals surface area contributed by atoms with Crippen LogP contribution in [0.5, 0.6) is 0 Å². The molecule has 3 nitrogen and oxygen atoms in total. The van der Waals surface area contributed by atoms with E-state index >= 15 is 0 Å². The minimum absolute atomic E-state index is 0.142. The van der Waals surface area contributed by atoms with E-state index in [2.05, 4.69) is 28.4 Å². The first-order valence-electron chi connectivity index (χ1n) is 6.06. The molecule has 2 aromatic heterocycles. The van der Waals surface area contributed by atoms with E-state index in [1.807, 2.05) is 36.5 Å². The molecule has 0 amide bonds. The molecule has 2 N–H and O–H groups in total. The van der Waals surface area contributed by atoms with E-state index in [9.17, 15) is 0 Å². The fraction of sp³-hybridized carbons (Fsp3) is 0.200. The number of rotatable bonds is 5. The highest BCUT2D eigenvalue weighted by Gasteiger charge is 2.16. The van der Waals surface area contributed by atoms with Crippen LogP contribution in [-0.2, 0) is 6.54 Å². The Hall–Kier alpha value is -2.00. The van der Waals surface area contributed by atoms with Crippen molar-refractivity contribution < 1.29 is 4.57 Å². The highest BCUT2D eigenvalue weighted by molar-refractivity contribution is 5.25. The molecule has 0 bridgehead atoms. The van der Waals surface area contributed by atoms with Gasteiger partial charge in [0.25, 0.3) is 0 Å². The van der Waals surface area contributed by atoms with Crippen LogP contribution in [0.4, 0.5) is 0 Å². The second-order valence-corrected chi connectivity index (χ2v) is 4.17. The summed E-state index contributed by atoms with van der Waals surface area (Å²) in [6.45, 7) is 5.10. The zero-order valence-electron chi connectivity index (χ0n) is 10.4. The molecule has 18 heavy (non-hydrogen) atoms. The summed E-state index contributed by atoms with van der Waals surface area (Å²) in [5, 5.41) is 0. The van der Waals surface area contributed by atoms with Crippen molar-refractivity contribution in [3.63, 3.8) is 0 Å². The monoisotopic (exact) mass is 240 g/mol. The zero-order chi connectivity index (χ0) is 12.8. The Kier molecular flexibility index (Phi) is 4.20. The Morgan fingerprint density at radius 1 is 1.33 bits per heavy atom. The van der Waals surface area contributed by atoms with Crippen LogP contribution in [-0.4, -0.2) is 11.5 Å². The summed E-state index contributed by atoms with van der Waals surface area (Å²) in [4.78, 5) is 4.39. The van der Waals surface area contributed by atoms with Crippen molar-refractivity contribution in [2.24, 2.45) is 5.73 Å². The number of nitrogens with two attached hydrogens (primary N) is 1. The van der Waals surface area contributed by atoms with Gasteiger partial charge < -0.3 is 5.73 Å². The molecule has 1 atom stereocenters. The fourth-order valence-electron chi connectivity index (χ4n) is 2.02. The number of hydrogen-bond acceptors (Lipinski definition) is 2. The van der Waals surface area contributed by atoms with Crippen LogP contribution < -0.4 is 10.3 Å². The average Bonchev–Trinajstić information content (AvgIpc) is 2.42. The molecule has 1 unspecified atom stereocenters. The summed E-state index contributed by atoms with van der Waals surface area (Å²) in [6, 6.07) is 10.0. The van der Waals surface area contributed by atoms with Gasteiger partial charge in [0.05, 0.1) is 0 Å². The largest absolute Gasteiger partial charge is 0.329 e. The number of hydrogen-bond donors (Lipinski definition) is 1. The molecule has 0 saturated carbocycles. The molecule has 0 aromatic carbocycles. The van der Waals surface area contributed by atoms with Gasteiger partial charge in [0.2, 0.25) is 0 Å². The van der Waals surface area contributed by atoms with E-state index in [1.54, 1.807) is 6.20 Å². The predicted molar refractivity (Wildman–Crippen MR) is 72.0 cm³/mol. The van der Waals surface area contributed by atoms with E-state index in [0.717, 1.165) is 12.2 Å². The van der Waals surface area contributed by atoms with Gasteiger partial charge in [0, 0.05) is 36.0 Å². The minimum atomic E-state index is 0.142. The molecule has 2 heterocycles. The highest BCUT2D eigenvalue weighted by Crippen LogP contribution is 2.19. The van der Waals surface area contributed by atoms with Crippen molar-refractivity contribution in [3.05, 3.63) is 72.8 Å². The number of allylic oxidation sites excluding steroid dienone is 1. The average molecular weight is 240 g/mol. The topological polar surface area (TPSA) is 42.8 Å². The van der Waals surface area contributed by atoms with Crippen LogP contribution in [0.15, 0.2) is 61.6 Å². The van der Waals surface area contributed by atoms with Gasteiger partial charge in [-0.3, -0.25) is 4.98 Å². The molecular weight excluding hydrogens is 222 g/mol. The van der Waals surface area contributed by atoms with Crippen molar-refractivity contribution in [3.8, 4) is 0 Å². The Labute approximate surface area is 108 Å². The summed E-state index contributed by atoms with van der Waals surface area (Å²) in [7, 11) is 0. The van der Waals surface area contributed by atoms with Gasteiger partial charge in [-0.1, -0.05) is 12.6 Å². The number of aromatic nitrogens is 2. The third-order valence-electron chi connectivity index (χ3n) is 2.90. The summed E-state index contributed by atoms with van der Waals surface area (Å²) in [6.07, 6.45) is 7.81. The second-order valence-electron chi connectivity index (χ2n) is 4.17. The van der Waals surface area contributed by atoms with Crippen molar-refractivity contribution >= 4 is 0 Å². The maximum absolute atomic E-state index is 5.89. The third-order valence-corrected chi connectivity index (χ3v) is 2.90.